The minimum Gasteiger partial charge on any atom is -0.306 e. The van der Waals surface area contributed by atoms with Crippen molar-refractivity contribution in [1.82, 2.24) is 5.32 Å². The maximum Gasteiger partial charge on any atom is 0.160 e. The van der Waals surface area contributed by atoms with Gasteiger partial charge in [0, 0.05) is 5.56 Å². The Labute approximate surface area is 92.4 Å². The maximum atomic E-state index is 12.8. The van der Waals surface area contributed by atoms with Crippen molar-refractivity contribution in [1.29, 1.82) is 0 Å². The minimum absolute atomic E-state index is 0.123. The molecule has 0 saturated heterocycles. The largest absolute Gasteiger partial charge is 0.306 e. The van der Waals surface area contributed by atoms with Gasteiger partial charge in [-0.25, -0.2) is 8.78 Å². The summed E-state index contributed by atoms with van der Waals surface area (Å²) in [7, 11) is 0. The van der Waals surface area contributed by atoms with Gasteiger partial charge in [0.1, 0.15) is 0 Å². The van der Waals surface area contributed by atoms with Crippen LogP contribution in [0.25, 0.3) is 0 Å². The molecule has 0 heterocycles. The van der Waals surface area contributed by atoms with E-state index in [-0.39, 0.29) is 5.02 Å². The lowest BCUT2D eigenvalue weighted by Gasteiger charge is -1.97. The summed E-state index contributed by atoms with van der Waals surface area (Å²) in [4.78, 5) is 0. The molecule has 0 radical (unpaired) electrons. The van der Waals surface area contributed by atoms with Gasteiger partial charge in [-0.15, -0.1) is 0 Å². The van der Waals surface area contributed by atoms with Crippen molar-refractivity contribution >= 4 is 11.6 Å². The lowest BCUT2D eigenvalue weighted by atomic mass is 10.2. The fourth-order valence-electron chi connectivity index (χ4n) is 0.945. The average Bonchev–Trinajstić information content (AvgIpc) is 2.20. The van der Waals surface area contributed by atoms with Crippen LogP contribution < -0.4 is 5.32 Å². The second-order valence-corrected chi connectivity index (χ2v) is 3.24. The molecule has 0 atom stereocenters. The highest BCUT2D eigenvalue weighted by Crippen LogP contribution is 2.18. The zero-order valence-electron chi connectivity index (χ0n) is 8.20. The highest BCUT2D eigenvalue weighted by atomic mass is 35.5. The van der Waals surface area contributed by atoms with Gasteiger partial charge >= 0.3 is 0 Å². The van der Waals surface area contributed by atoms with Crippen molar-refractivity contribution in [2.75, 3.05) is 13.1 Å². The van der Waals surface area contributed by atoms with Crippen molar-refractivity contribution in [3.63, 3.8) is 0 Å². The Morgan fingerprint density at radius 1 is 1.33 bits per heavy atom. The van der Waals surface area contributed by atoms with E-state index in [1.54, 1.807) is 0 Å². The Morgan fingerprint density at radius 2 is 2.00 bits per heavy atom. The van der Waals surface area contributed by atoms with E-state index >= 15 is 0 Å². The zero-order chi connectivity index (χ0) is 11.3. The summed E-state index contributed by atoms with van der Waals surface area (Å²) >= 11 is 5.68. The third-order valence-electron chi connectivity index (χ3n) is 1.70. The van der Waals surface area contributed by atoms with Gasteiger partial charge < -0.3 is 5.32 Å². The SMILES string of the molecule is CCNCC#Cc1cc(F)c(F)cc1Cl. The fourth-order valence-corrected chi connectivity index (χ4v) is 1.14. The smallest absolute Gasteiger partial charge is 0.160 e. The van der Waals surface area contributed by atoms with E-state index in [9.17, 15) is 8.78 Å². The van der Waals surface area contributed by atoms with Gasteiger partial charge in [0.05, 0.1) is 11.6 Å². The van der Waals surface area contributed by atoms with E-state index in [1.165, 1.54) is 0 Å². The summed E-state index contributed by atoms with van der Waals surface area (Å²) in [5.41, 5.74) is 0.300. The molecule has 1 aromatic carbocycles. The fraction of sp³-hybridized carbons (Fsp3) is 0.273. The molecular formula is C11H10ClF2N. The van der Waals surface area contributed by atoms with Crippen LogP contribution in [0, 0.1) is 23.5 Å². The molecule has 0 amide bonds. The molecular weight excluding hydrogens is 220 g/mol. The van der Waals surface area contributed by atoms with Crippen LogP contribution in [-0.2, 0) is 0 Å². The van der Waals surface area contributed by atoms with E-state index in [2.05, 4.69) is 17.2 Å². The molecule has 0 spiro atoms. The van der Waals surface area contributed by atoms with Crippen molar-refractivity contribution in [2.45, 2.75) is 6.92 Å². The predicted octanol–water partition coefficient (Wildman–Crippen LogP) is 2.58. The molecule has 80 valence electrons. The molecule has 1 aromatic rings. The van der Waals surface area contributed by atoms with E-state index < -0.39 is 11.6 Å². The molecule has 4 heteroatoms. The van der Waals surface area contributed by atoms with E-state index in [0.29, 0.717) is 12.1 Å². The lowest BCUT2D eigenvalue weighted by Crippen LogP contribution is -2.11. The second-order valence-electron chi connectivity index (χ2n) is 2.83. The second kappa shape index (κ2) is 5.69. The van der Waals surface area contributed by atoms with Crippen LogP contribution in [0.3, 0.4) is 0 Å². The first-order valence-corrected chi connectivity index (χ1v) is 4.87. The highest BCUT2D eigenvalue weighted by Gasteiger charge is 2.05. The molecule has 0 fully saturated rings. The molecule has 0 aromatic heterocycles. The summed E-state index contributed by atoms with van der Waals surface area (Å²) < 4.78 is 25.5. The Balaban J connectivity index is 2.84. The predicted molar refractivity (Wildman–Crippen MR) is 56.8 cm³/mol. The van der Waals surface area contributed by atoms with Crippen LogP contribution in [-0.4, -0.2) is 13.1 Å². The van der Waals surface area contributed by atoms with E-state index in [1.807, 2.05) is 6.92 Å². The Morgan fingerprint density at radius 3 is 2.67 bits per heavy atom. The molecule has 0 aliphatic carbocycles. The average molecular weight is 230 g/mol. The van der Waals surface area contributed by atoms with Crippen molar-refractivity contribution in [2.24, 2.45) is 0 Å². The quantitative estimate of drug-likeness (QED) is 0.467. The number of halogens is 3. The lowest BCUT2D eigenvalue weighted by molar-refractivity contribution is 0.508. The van der Waals surface area contributed by atoms with Crippen LogP contribution in [0.2, 0.25) is 5.02 Å². The van der Waals surface area contributed by atoms with E-state index in [0.717, 1.165) is 18.7 Å². The molecule has 0 unspecified atom stereocenters. The number of hydrogen-bond donors (Lipinski definition) is 1. The van der Waals surface area contributed by atoms with Crippen LogP contribution in [0.5, 0.6) is 0 Å². The van der Waals surface area contributed by atoms with E-state index in [4.69, 9.17) is 11.6 Å². The maximum absolute atomic E-state index is 12.8. The first-order valence-electron chi connectivity index (χ1n) is 4.49. The zero-order valence-corrected chi connectivity index (χ0v) is 8.96. The van der Waals surface area contributed by atoms with Gasteiger partial charge in [-0.3, -0.25) is 0 Å². The molecule has 0 aliphatic rings. The van der Waals surface area contributed by atoms with Gasteiger partial charge in [-0.05, 0) is 18.7 Å². The number of rotatable bonds is 2. The summed E-state index contributed by atoms with van der Waals surface area (Å²) in [6, 6.07) is 1.92. The third kappa shape index (κ3) is 3.50. The van der Waals surface area contributed by atoms with Crippen LogP contribution >= 0.6 is 11.6 Å². The van der Waals surface area contributed by atoms with Crippen LogP contribution in [0.15, 0.2) is 12.1 Å². The molecule has 0 aliphatic heterocycles. The van der Waals surface area contributed by atoms with Gasteiger partial charge in [-0.2, -0.15) is 0 Å². The van der Waals surface area contributed by atoms with Crippen LogP contribution in [0.1, 0.15) is 12.5 Å². The van der Waals surface area contributed by atoms with Gasteiger partial charge in [0.15, 0.2) is 11.6 Å². The van der Waals surface area contributed by atoms with Gasteiger partial charge in [0.2, 0.25) is 0 Å². The van der Waals surface area contributed by atoms with Crippen molar-refractivity contribution in [3.05, 3.63) is 34.4 Å². The minimum atomic E-state index is -0.961. The molecule has 0 bridgehead atoms. The molecule has 1 N–H and O–H groups in total. The number of benzene rings is 1. The number of hydrogen-bond acceptors (Lipinski definition) is 1. The monoisotopic (exact) mass is 229 g/mol. The van der Waals surface area contributed by atoms with Gasteiger partial charge in [-0.1, -0.05) is 30.4 Å². The summed E-state index contributed by atoms with van der Waals surface area (Å²) in [6.07, 6.45) is 0. The Bertz CT molecular complexity index is 407. The summed E-state index contributed by atoms with van der Waals surface area (Å²) in [5.74, 6) is 3.52. The highest BCUT2D eigenvalue weighted by molar-refractivity contribution is 6.31. The standard InChI is InChI=1S/C11H10ClF2N/c1-2-15-5-3-4-8-6-10(13)11(14)7-9(8)12/h6-7,15H,2,5H2,1H3. The van der Waals surface area contributed by atoms with Gasteiger partial charge in [0.25, 0.3) is 0 Å². The van der Waals surface area contributed by atoms with Crippen LogP contribution in [0.4, 0.5) is 8.78 Å². The first kappa shape index (κ1) is 12.0. The third-order valence-corrected chi connectivity index (χ3v) is 2.01. The Hall–Kier alpha value is -1.11. The summed E-state index contributed by atoms with van der Waals surface area (Å²) in [6.45, 7) is 3.25. The van der Waals surface area contributed by atoms with Crippen molar-refractivity contribution < 1.29 is 8.78 Å². The molecule has 0 saturated carbocycles. The topological polar surface area (TPSA) is 12.0 Å². The number of nitrogens with one attached hydrogen (secondary N) is 1. The normalized spacial score (nSPS) is 9.60. The summed E-state index contributed by atoms with van der Waals surface area (Å²) in [5, 5.41) is 3.10. The molecule has 1 nitrogen and oxygen atoms in total. The van der Waals surface area contributed by atoms with Crippen molar-refractivity contribution in [3.8, 4) is 11.8 Å². The molecule has 1 rings (SSSR count). The Kier molecular flexibility index (Phi) is 4.54. The molecule has 15 heavy (non-hydrogen) atoms. The first-order chi connectivity index (χ1) is 7.15.